The molecular weight excluding hydrogens is 432 g/mol. The largest absolute Gasteiger partial charge is 0.493 e. The van der Waals surface area contributed by atoms with Crippen LogP contribution in [0.1, 0.15) is 19.5 Å². The Bertz CT molecular complexity index is 1290. The average molecular weight is 463 g/mol. The standard InChI is InChI=1S/C25H30N6O3/c1-6-31(7-2)10-11-34-18-8-9-20-17(12-18)15-26-24(28-20)30-25-27-16(3)19-13-22(32-4)23(33-5)14-21(19)29-25/h8-9,12-15H,6-7,10-11H2,1-5H3,(H,26,27,28,29,30). The van der Waals surface area contributed by atoms with Crippen LogP contribution in [-0.2, 0) is 0 Å². The first-order chi connectivity index (χ1) is 16.5. The van der Waals surface area contributed by atoms with Gasteiger partial charge in [-0.3, -0.25) is 5.32 Å². The maximum Gasteiger partial charge on any atom is 0.230 e. The molecule has 0 atom stereocenters. The van der Waals surface area contributed by atoms with Gasteiger partial charge in [0.05, 0.1) is 30.9 Å². The zero-order valence-electron chi connectivity index (χ0n) is 20.3. The molecular formula is C25H30N6O3. The maximum absolute atomic E-state index is 5.91. The van der Waals surface area contributed by atoms with Gasteiger partial charge in [-0.05, 0) is 44.3 Å². The molecule has 1 N–H and O–H groups in total. The first-order valence-corrected chi connectivity index (χ1v) is 11.3. The van der Waals surface area contributed by atoms with Crippen molar-refractivity contribution in [3.05, 3.63) is 42.2 Å². The van der Waals surface area contributed by atoms with Gasteiger partial charge in [0.2, 0.25) is 11.9 Å². The van der Waals surface area contributed by atoms with Crippen LogP contribution in [0.15, 0.2) is 36.5 Å². The molecule has 9 heteroatoms. The van der Waals surface area contributed by atoms with E-state index in [1.165, 1.54) is 0 Å². The summed E-state index contributed by atoms with van der Waals surface area (Å²) in [6.45, 7) is 9.80. The van der Waals surface area contributed by atoms with E-state index < -0.39 is 0 Å². The van der Waals surface area contributed by atoms with E-state index in [4.69, 9.17) is 14.2 Å². The lowest BCUT2D eigenvalue weighted by Gasteiger charge is -2.18. The van der Waals surface area contributed by atoms with E-state index in [0.717, 1.165) is 52.9 Å². The van der Waals surface area contributed by atoms with Gasteiger partial charge in [-0.25, -0.2) is 19.9 Å². The van der Waals surface area contributed by atoms with Crippen LogP contribution in [0.3, 0.4) is 0 Å². The van der Waals surface area contributed by atoms with Gasteiger partial charge in [0, 0.05) is 29.6 Å². The van der Waals surface area contributed by atoms with Crippen molar-refractivity contribution in [2.75, 3.05) is 45.8 Å². The van der Waals surface area contributed by atoms with Crippen LogP contribution >= 0.6 is 0 Å². The molecule has 0 radical (unpaired) electrons. The van der Waals surface area contributed by atoms with Crippen LogP contribution in [0.2, 0.25) is 0 Å². The third kappa shape index (κ3) is 5.09. The molecule has 178 valence electrons. The second kappa shape index (κ2) is 10.5. The minimum absolute atomic E-state index is 0.410. The van der Waals surface area contributed by atoms with Gasteiger partial charge in [-0.2, -0.15) is 0 Å². The highest BCUT2D eigenvalue weighted by Crippen LogP contribution is 2.33. The van der Waals surface area contributed by atoms with Crippen molar-refractivity contribution in [3.63, 3.8) is 0 Å². The number of aryl methyl sites for hydroxylation is 1. The van der Waals surface area contributed by atoms with Gasteiger partial charge in [0.25, 0.3) is 0 Å². The lowest BCUT2D eigenvalue weighted by molar-refractivity contribution is 0.223. The predicted octanol–water partition coefficient (Wildman–Crippen LogP) is 4.36. The fourth-order valence-electron chi connectivity index (χ4n) is 3.76. The first kappa shape index (κ1) is 23.4. The molecule has 2 aromatic carbocycles. The summed E-state index contributed by atoms with van der Waals surface area (Å²) < 4.78 is 16.7. The summed E-state index contributed by atoms with van der Waals surface area (Å²) in [6.07, 6.45) is 1.77. The Morgan fingerprint density at radius 2 is 1.62 bits per heavy atom. The molecule has 4 rings (SSSR count). The summed E-state index contributed by atoms with van der Waals surface area (Å²) in [6, 6.07) is 9.52. The van der Waals surface area contributed by atoms with Gasteiger partial charge in [-0.15, -0.1) is 0 Å². The van der Waals surface area contributed by atoms with Crippen LogP contribution < -0.4 is 19.5 Å². The number of hydrogen-bond acceptors (Lipinski definition) is 9. The smallest absolute Gasteiger partial charge is 0.230 e. The van der Waals surface area contributed by atoms with E-state index in [1.54, 1.807) is 20.4 Å². The van der Waals surface area contributed by atoms with E-state index in [0.29, 0.717) is 30.0 Å². The average Bonchev–Trinajstić information content (AvgIpc) is 2.86. The lowest BCUT2D eigenvalue weighted by Crippen LogP contribution is -2.27. The highest BCUT2D eigenvalue weighted by Gasteiger charge is 2.12. The van der Waals surface area contributed by atoms with Crippen molar-refractivity contribution in [2.45, 2.75) is 20.8 Å². The van der Waals surface area contributed by atoms with Crippen molar-refractivity contribution >= 4 is 33.7 Å². The third-order valence-electron chi connectivity index (χ3n) is 5.74. The Morgan fingerprint density at radius 3 is 2.35 bits per heavy atom. The second-order valence-corrected chi connectivity index (χ2v) is 7.77. The molecule has 2 aromatic heterocycles. The van der Waals surface area contributed by atoms with Crippen LogP contribution in [-0.4, -0.2) is 65.3 Å². The quantitative estimate of drug-likeness (QED) is 0.369. The van der Waals surface area contributed by atoms with E-state index in [1.807, 2.05) is 37.3 Å². The molecule has 0 saturated carbocycles. The summed E-state index contributed by atoms with van der Waals surface area (Å²) in [5.41, 5.74) is 2.35. The summed E-state index contributed by atoms with van der Waals surface area (Å²) in [5, 5.41) is 4.90. The molecule has 34 heavy (non-hydrogen) atoms. The Hall–Kier alpha value is -3.72. The number of anilines is 2. The monoisotopic (exact) mass is 462 g/mol. The summed E-state index contributed by atoms with van der Waals surface area (Å²) >= 11 is 0. The van der Waals surface area contributed by atoms with Crippen molar-refractivity contribution in [3.8, 4) is 17.2 Å². The van der Waals surface area contributed by atoms with Crippen molar-refractivity contribution in [1.29, 1.82) is 0 Å². The minimum Gasteiger partial charge on any atom is -0.493 e. The number of rotatable bonds is 10. The Labute approximate surface area is 199 Å². The SMILES string of the molecule is CCN(CC)CCOc1ccc2nc(Nc3nc(C)c4cc(OC)c(OC)cc4n3)ncc2c1. The fraction of sp³-hybridized carbons (Fsp3) is 0.360. The van der Waals surface area contributed by atoms with Gasteiger partial charge in [-0.1, -0.05) is 13.8 Å². The molecule has 2 heterocycles. The number of fused-ring (bicyclic) bond motifs is 2. The third-order valence-corrected chi connectivity index (χ3v) is 5.74. The Kier molecular flexibility index (Phi) is 7.22. The zero-order valence-corrected chi connectivity index (χ0v) is 20.3. The molecule has 0 aliphatic heterocycles. The molecule has 4 aromatic rings. The highest BCUT2D eigenvalue weighted by atomic mass is 16.5. The van der Waals surface area contributed by atoms with E-state index in [2.05, 4.69) is 44.0 Å². The van der Waals surface area contributed by atoms with Crippen molar-refractivity contribution < 1.29 is 14.2 Å². The number of aromatic nitrogens is 4. The van der Waals surface area contributed by atoms with Crippen LogP contribution in [0.5, 0.6) is 17.2 Å². The minimum atomic E-state index is 0.410. The van der Waals surface area contributed by atoms with Crippen LogP contribution in [0.4, 0.5) is 11.9 Å². The fourth-order valence-corrected chi connectivity index (χ4v) is 3.76. The molecule has 0 amide bonds. The lowest BCUT2D eigenvalue weighted by atomic mass is 10.1. The number of ether oxygens (including phenoxy) is 3. The Morgan fingerprint density at radius 1 is 0.882 bits per heavy atom. The number of nitrogens with one attached hydrogen (secondary N) is 1. The normalized spacial score (nSPS) is 11.2. The molecule has 0 unspecified atom stereocenters. The summed E-state index contributed by atoms with van der Waals surface area (Å²) in [4.78, 5) is 20.5. The number of nitrogens with zero attached hydrogens (tertiary/aromatic N) is 5. The molecule has 0 aliphatic carbocycles. The molecule has 0 fully saturated rings. The summed E-state index contributed by atoms with van der Waals surface area (Å²) in [5.74, 6) is 2.88. The van der Waals surface area contributed by atoms with Gasteiger partial charge >= 0.3 is 0 Å². The molecule has 0 bridgehead atoms. The topological polar surface area (TPSA) is 94.5 Å². The molecule has 0 spiro atoms. The van der Waals surface area contributed by atoms with Crippen molar-refractivity contribution in [2.24, 2.45) is 0 Å². The second-order valence-electron chi connectivity index (χ2n) is 7.77. The Balaban J connectivity index is 1.52. The van der Waals surface area contributed by atoms with Crippen LogP contribution in [0, 0.1) is 6.92 Å². The predicted molar refractivity (Wildman–Crippen MR) is 133 cm³/mol. The van der Waals surface area contributed by atoms with E-state index in [9.17, 15) is 0 Å². The van der Waals surface area contributed by atoms with Crippen LogP contribution in [0.25, 0.3) is 21.8 Å². The molecule has 0 aliphatic rings. The maximum atomic E-state index is 5.91. The number of benzene rings is 2. The molecule has 9 nitrogen and oxygen atoms in total. The zero-order chi connectivity index (χ0) is 24.1. The highest BCUT2D eigenvalue weighted by molar-refractivity contribution is 5.86. The molecule has 0 saturated heterocycles. The number of hydrogen-bond donors (Lipinski definition) is 1. The number of likely N-dealkylation sites (N-methyl/N-ethyl adjacent to an activating group) is 1. The van der Waals surface area contributed by atoms with Crippen molar-refractivity contribution in [1.82, 2.24) is 24.8 Å². The summed E-state index contributed by atoms with van der Waals surface area (Å²) in [7, 11) is 3.20. The number of methoxy groups -OCH3 is 2. The van der Waals surface area contributed by atoms with E-state index in [-0.39, 0.29) is 0 Å². The first-order valence-electron chi connectivity index (χ1n) is 11.3. The van der Waals surface area contributed by atoms with E-state index >= 15 is 0 Å². The van der Waals surface area contributed by atoms with Gasteiger partial charge < -0.3 is 19.1 Å². The van der Waals surface area contributed by atoms with Gasteiger partial charge in [0.15, 0.2) is 11.5 Å². The van der Waals surface area contributed by atoms with Gasteiger partial charge in [0.1, 0.15) is 12.4 Å².